The summed E-state index contributed by atoms with van der Waals surface area (Å²) in [6, 6.07) is 14.5. The molecular formula is C18H22ClNO. The van der Waals surface area contributed by atoms with Crippen LogP contribution in [0.2, 0.25) is 0 Å². The molecule has 0 fully saturated rings. The highest BCUT2D eigenvalue weighted by atomic mass is 35.5. The minimum Gasteiger partial charge on any atom is -0.508 e. The molecule has 1 aliphatic heterocycles. The molecule has 2 aromatic carbocycles. The summed E-state index contributed by atoms with van der Waals surface area (Å²) in [5.74, 6) is 0.935. The van der Waals surface area contributed by atoms with Gasteiger partial charge >= 0.3 is 0 Å². The number of hydrogen-bond donors (Lipinski definition) is 2. The molecule has 21 heavy (non-hydrogen) atoms. The van der Waals surface area contributed by atoms with Crippen molar-refractivity contribution >= 4 is 12.4 Å². The number of rotatable bonds is 2. The first-order chi connectivity index (χ1) is 9.74. The van der Waals surface area contributed by atoms with Crippen LogP contribution in [0.1, 0.15) is 35.1 Å². The predicted molar refractivity (Wildman–Crippen MR) is 89.6 cm³/mol. The average Bonchev–Trinajstić information content (AvgIpc) is 2.63. The van der Waals surface area contributed by atoms with Crippen LogP contribution in [0.4, 0.5) is 0 Å². The molecule has 1 atom stereocenters. The second-order valence-electron chi connectivity index (χ2n) is 5.70. The average molecular weight is 304 g/mol. The summed E-state index contributed by atoms with van der Waals surface area (Å²) in [6.07, 6.45) is 1.79. The molecule has 0 spiro atoms. The van der Waals surface area contributed by atoms with Crippen LogP contribution in [0.3, 0.4) is 0 Å². The van der Waals surface area contributed by atoms with E-state index in [1.165, 1.54) is 16.7 Å². The molecule has 0 amide bonds. The van der Waals surface area contributed by atoms with Crippen molar-refractivity contribution in [3.05, 3.63) is 64.7 Å². The van der Waals surface area contributed by atoms with E-state index in [9.17, 15) is 5.11 Å². The van der Waals surface area contributed by atoms with Crippen molar-refractivity contribution in [1.29, 1.82) is 0 Å². The van der Waals surface area contributed by atoms with Gasteiger partial charge in [0.2, 0.25) is 0 Å². The fourth-order valence-corrected chi connectivity index (χ4v) is 2.98. The second kappa shape index (κ2) is 6.97. The van der Waals surface area contributed by atoms with Crippen LogP contribution in [0, 0.1) is 0 Å². The van der Waals surface area contributed by atoms with E-state index in [2.05, 4.69) is 30.4 Å². The quantitative estimate of drug-likeness (QED) is 0.887. The lowest BCUT2D eigenvalue weighted by atomic mass is 9.91. The predicted octanol–water partition coefficient (Wildman–Crippen LogP) is 3.65. The number of nitrogens with one attached hydrogen (secondary N) is 1. The molecule has 2 aromatic rings. The minimum atomic E-state index is 0. The second-order valence-corrected chi connectivity index (χ2v) is 5.70. The van der Waals surface area contributed by atoms with Crippen LogP contribution in [0.5, 0.6) is 5.75 Å². The van der Waals surface area contributed by atoms with Crippen molar-refractivity contribution in [2.45, 2.75) is 25.7 Å². The summed E-state index contributed by atoms with van der Waals surface area (Å²) in [6.45, 7) is 4.26. The number of fused-ring (bicyclic) bond motifs is 1. The maximum Gasteiger partial charge on any atom is 0.119 e. The number of phenols is 1. The molecule has 1 aliphatic rings. The van der Waals surface area contributed by atoms with Gasteiger partial charge < -0.3 is 10.4 Å². The summed E-state index contributed by atoms with van der Waals surface area (Å²) in [7, 11) is 0. The number of aromatic hydroxyl groups is 1. The summed E-state index contributed by atoms with van der Waals surface area (Å²) >= 11 is 0. The molecule has 0 radical (unpaired) electrons. The van der Waals surface area contributed by atoms with Crippen molar-refractivity contribution < 1.29 is 5.11 Å². The van der Waals surface area contributed by atoms with Crippen LogP contribution in [-0.4, -0.2) is 18.2 Å². The van der Waals surface area contributed by atoms with Crippen molar-refractivity contribution in [2.75, 3.05) is 13.1 Å². The molecule has 0 saturated heterocycles. The third kappa shape index (κ3) is 3.58. The zero-order valence-corrected chi connectivity index (χ0v) is 13.1. The standard InChI is InChI=1S/C18H21NO.ClH/c1-13-12-19-8-7-15-11-18(20)16(10-17(13)15)9-14-5-3-2-4-6-14;/h2-6,10-11,13,19-20H,7-9,12H2,1H3;1H/t13-;/m0./s1. The first-order valence-electron chi connectivity index (χ1n) is 7.33. The Hall–Kier alpha value is -1.51. The van der Waals surface area contributed by atoms with Gasteiger partial charge in [-0.2, -0.15) is 0 Å². The Labute approximate surface area is 132 Å². The van der Waals surface area contributed by atoms with Gasteiger partial charge in [0.05, 0.1) is 0 Å². The molecule has 2 nitrogen and oxygen atoms in total. The Morgan fingerprint density at radius 2 is 1.95 bits per heavy atom. The zero-order valence-electron chi connectivity index (χ0n) is 12.3. The zero-order chi connectivity index (χ0) is 13.9. The first kappa shape index (κ1) is 15.9. The fourth-order valence-electron chi connectivity index (χ4n) is 2.98. The Bertz CT molecular complexity index is 598. The van der Waals surface area contributed by atoms with Crippen LogP contribution < -0.4 is 5.32 Å². The van der Waals surface area contributed by atoms with Gasteiger partial charge in [-0.3, -0.25) is 0 Å². The van der Waals surface area contributed by atoms with E-state index in [-0.39, 0.29) is 12.4 Å². The van der Waals surface area contributed by atoms with Crippen molar-refractivity contribution in [1.82, 2.24) is 5.32 Å². The normalized spacial score (nSPS) is 17.5. The molecule has 1 heterocycles. The molecule has 2 N–H and O–H groups in total. The maximum absolute atomic E-state index is 10.3. The van der Waals surface area contributed by atoms with Gasteiger partial charge in [0.1, 0.15) is 5.75 Å². The Kier molecular flexibility index (Phi) is 5.27. The topological polar surface area (TPSA) is 32.3 Å². The Morgan fingerprint density at radius 1 is 1.19 bits per heavy atom. The lowest BCUT2D eigenvalue weighted by Gasteiger charge is -2.15. The molecule has 0 saturated carbocycles. The van der Waals surface area contributed by atoms with Gasteiger partial charge in [0.15, 0.2) is 0 Å². The SMILES string of the molecule is C[C@H]1CNCCc2cc(O)c(Cc3ccccc3)cc21.Cl. The van der Waals surface area contributed by atoms with E-state index >= 15 is 0 Å². The Balaban J connectivity index is 0.00000161. The van der Waals surface area contributed by atoms with Crippen LogP contribution in [0.15, 0.2) is 42.5 Å². The van der Waals surface area contributed by atoms with Crippen molar-refractivity contribution in [3.63, 3.8) is 0 Å². The van der Waals surface area contributed by atoms with Gasteiger partial charge in [0.25, 0.3) is 0 Å². The highest BCUT2D eigenvalue weighted by Crippen LogP contribution is 2.30. The third-order valence-corrected chi connectivity index (χ3v) is 4.13. The van der Waals surface area contributed by atoms with Gasteiger partial charge in [0, 0.05) is 13.0 Å². The van der Waals surface area contributed by atoms with E-state index in [0.717, 1.165) is 31.5 Å². The molecule has 3 rings (SSSR count). The van der Waals surface area contributed by atoms with Gasteiger partial charge in [-0.1, -0.05) is 43.3 Å². The molecule has 0 aromatic heterocycles. The lowest BCUT2D eigenvalue weighted by molar-refractivity contribution is 0.468. The van der Waals surface area contributed by atoms with E-state index in [0.29, 0.717) is 11.7 Å². The molecule has 0 aliphatic carbocycles. The summed E-state index contributed by atoms with van der Waals surface area (Å²) < 4.78 is 0. The lowest BCUT2D eigenvalue weighted by Crippen LogP contribution is -2.18. The summed E-state index contributed by atoms with van der Waals surface area (Å²) in [4.78, 5) is 0. The summed E-state index contributed by atoms with van der Waals surface area (Å²) in [5, 5.41) is 13.7. The minimum absolute atomic E-state index is 0. The molecule has 112 valence electrons. The summed E-state index contributed by atoms with van der Waals surface area (Å²) in [5.41, 5.74) is 4.95. The molecule has 0 bridgehead atoms. The number of hydrogen-bond acceptors (Lipinski definition) is 2. The highest BCUT2D eigenvalue weighted by Gasteiger charge is 2.17. The largest absolute Gasteiger partial charge is 0.508 e. The van der Waals surface area contributed by atoms with Gasteiger partial charge in [-0.25, -0.2) is 0 Å². The van der Waals surface area contributed by atoms with Crippen LogP contribution in [0.25, 0.3) is 0 Å². The fraction of sp³-hybridized carbons (Fsp3) is 0.333. The van der Waals surface area contributed by atoms with E-state index in [1.54, 1.807) is 0 Å². The third-order valence-electron chi connectivity index (χ3n) is 4.13. The van der Waals surface area contributed by atoms with Crippen molar-refractivity contribution in [2.24, 2.45) is 0 Å². The van der Waals surface area contributed by atoms with Gasteiger partial charge in [-0.15, -0.1) is 12.4 Å². The van der Waals surface area contributed by atoms with Crippen LogP contribution in [-0.2, 0) is 12.8 Å². The molecule has 3 heteroatoms. The highest BCUT2D eigenvalue weighted by molar-refractivity contribution is 5.85. The van der Waals surface area contributed by atoms with Crippen molar-refractivity contribution in [3.8, 4) is 5.75 Å². The maximum atomic E-state index is 10.3. The number of halogens is 1. The molecular weight excluding hydrogens is 282 g/mol. The monoisotopic (exact) mass is 303 g/mol. The van der Waals surface area contributed by atoms with E-state index < -0.39 is 0 Å². The first-order valence-corrected chi connectivity index (χ1v) is 7.33. The Morgan fingerprint density at radius 3 is 2.71 bits per heavy atom. The number of benzene rings is 2. The van der Waals surface area contributed by atoms with E-state index in [4.69, 9.17) is 0 Å². The van der Waals surface area contributed by atoms with E-state index in [1.807, 2.05) is 24.3 Å². The smallest absolute Gasteiger partial charge is 0.119 e. The number of phenolic OH excluding ortho intramolecular Hbond substituents is 1. The molecule has 0 unspecified atom stereocenters. The van der Waals surface area contributed by atoms with Gasteiger partial charge in [-0.05, 0) is 47.2 Å². The van der Waals surface area contributed by atoms with Crippen LogP contribution >= 0.6 is 12.4 Å².